The van der Waals surface area contributed by atoms with E-state index in [9.17, 15) is 0 Å². The number of likely N-dealkylation sites (N-methyl/N-ethyl adjacent to an activating group) is 1. The zero-order valence-corrected chi connectivity index (χ0v) is 12.2. The summed E-state index contributed by atoms with van der Waals surface area (Å²) in [6.07, 6.45) is 6.87. The van der Waals surface area contributed by atoms with Gasteiger partial charge >= 0.3 is 0 Å². The predicted octanol–water partition coefficient (Wildman–Crippen LogP) is 3.61. The summed E-state index contributed by atoms with van der Waals surface area (Å²) in [4.78, 5) is 0. The van der Waals surface area contributed by atoms with Crippen molar-refractivity contribution >= 4 is 0 Å². The highest BCUT2D eigenvalue weighted by molar-refractivity contribution is 4.85. The largest absolute Gasteiger partial charge is 0.377 e. The van der Waals surface area contributed by atoms with Crippen molar-refractivity contribution in [3.8, 4) is 0 Å². The fraction of sp³-hybridized carbons (Fsp3) is 1.00. The average molecular weight is 241 g/mol. The van der Waals surface area contributed by atoms with Gasteiger partial charge in [-0.2, -0.15) is 0 Å². The molecule has 17 heavy (non-hydrogen) atoms. The highest BCUT2D eigenvalue weighted by Crippen LogP contribution is 2.29. The molecule has 1 rings (SSSR count). The molecule has 3 unspecified atom stereocenters. The van der Waals surface area contributed by atoms with Crippen molar-refractivity contribution in [3.05, 3.63) is 0 Å². The van der Waals surface area contributed by atoms with E-state index >= 15 is 0 Å². The van der Waals surface area contributed by atoms with E-state index < -0.39 is 0 Å². The molecule has 1 saturated carbocycles. The summed E-state index contributed by atoms with van der Waals surface area (Å²) in [5, 5.41) is 3.59. The molecule has 0 saturated heterocycles. The first-order chi connectivity index (χ1) is 8.17. The van der Waals surface area contributed by atoms with E-state index in [1.807, 2.05) is 0 Å². The first-order valence-corrected chi connectivity index (χ1v) is 7.52. The van der Waals surface area contributed by atoms with Gasteiger partial charge in [0.05, 0.1) is 6.10 Å². The normalized spacial score (nSPS) is 29.8. The molecule has 1 N–H and O–H groups in total. The molecule has 0 radical (unpaired) electrons. The maximum absolute atomic E-state index is 6.13. The number of hydrogen-bond donors (Lipinski definition) is 1. The Morgan fingerprint density at radius 1 is 1.24 bits per heavy atom. The van der Waals surface area contributed by atoms with Crippen LogP contribution in [0.5, 0.6) is 0 Å². The molecule has 0 spiro atoms. The first-order valence-electron chi connectivity index (χ1n) is 7.52. The first kappa shape index (κ1) is 15.0. The van der Waals surface area contributed by atoms with E-state index in [-0.39, 0.29) is 0 Å². The summed E-state index contributed by atoms with van der Waals surface area (Å²) in [6, 6.07) is 0.593. The lowest BCUT2D eigenvalue weighted by Crippen LogP contribution is -2.45. The Balaban J connectivity index is 2.37. The van der Waals surface area contributed by atoms with Crippen molar-refractivity contribution in [2.75, 3.05) is 13.2 Å². The summed E-state index contributed by atoms with van der Waals surface area (Å²) < 4.78 is 6.13. The molecule has 1 aliphatic rings. The zero-order chi connectivity index (χ0) is 12.7. The third kappa shape index (κ3) is 5.39. The smallest absolute Gasteiger partial charge is 0.0730 e. The van der Waals surface area contributed by atoms with Crippen LogP contribution in [0.15, 0.2) is 0 Å². The number of hydrogen-bond acceptors (Lipinski definition) is 2. The van der Waals surface area contributed by atoms with Crippen LogP contribution >= 0.6 is 0 Å². The van der Waals surface area contributed by atoms with Gasteiger partial charge in [0.1, 0.15) is 0 Å². The van der Waals surface area contributed by atoms with Crippen LogP contribution in [0.3, 0.4) is 0 Å². The van der Waals surface area contributed by atoms with E-state index in [2.05, 4.69) is 33.0 Å². The zero-order valence-electron chi connectivity index (χ0n) is 12.2. The molecule has 2 nitrogen and oxygen atoms in total. The minimum absolute atomic E-state index is 0.451. The van der Waals surface area contributed by atoms with Gasteiger partial charge in [0.2, 0.25) is 0 Å². The van der Waals surface area contributed by atoms with Crippen LogP contribution < -0.4 is 5.32 Å². The lowest BCUT2D eigenvalue weighted by Gasteiger charge is -2.36. The van der Waals surface area contributed by atoms with Gasteiger partial charge in [0.15, 0.2) is 0 Å². The molecule has 0 aromatic rings. The quantitative estimate of drug-likeness (QED) is 0.735. The molecule has 0 heterocycles. The Kier molecular flexibility index (Phi) is 7.14. The van der Waals surface area contributed by atoms with Gasteiger partial charge < -0.3 is 10.1 Å². The van der Waals surface area contributed by atoms with Gasteiger partial charge in [0.25, 0.3) is 0 Å². The molecule has 0 aromatic heterocycles. The van der Waals surface area contributed by atoms with Crippen LogP contribution in [0.1, 0.15) is 59.8 Å². The van der Waals surface area contributed by atoms with Gasteiger partial charge in [-0.1, -0.05) is 34.1 Å². The second kappa shape index (κ2) is 8.10. The molecule has 3 atom stereocenters. The topological polar surface area (TPSA) is 21.3 Å². The summed E-state index contributed by atoms with van der Waals surface area (Å²) in [5.41, 5.74) is 0. The van der Waals surface area contributed by atoms with Gasteiger partial charge in [-0.05, 0) is 44.1 Å². The van der Waals surface area contributed by atoms with E-state index in [1.165, 1.54) is 32.1 Å². The molecule has 1 fully saturated rings. The molecule has 0 bridgehead atoms. The minimum atomic E-state index is 0.451. The van der Waals surface area contributed by atoms with Crippen LogP contribution in [-0.4, -0.2) is 25.3 Å². The Labute approximate surface area is 108 Å². The summed E-state index contributed by atoms with van der Waals surface area (Å²) in [7, 11) is 0. The van der Waals surface area contributed by atoms with Gasteiger partial charge in [-0.3, -0.25) is 0 Å². The van der Waals surface area contributed by atoms with Gasteiger partial charge in [-0.15, -0.1) is 0 Å². The second-order valence-corrected chi connectivity index (χ2v) is 5.84. The second-order valence-electron chi connectivity index (χ2n) is 5.84. The van der Waals surface area contributed by atoms with Crippen molar-refractivity contribution < 1.29 is 4.74 Å². The van der Waals surface area contributed by atoms with E-state index in [0.29, 0.717) is 12.1 Å². The third-order valence-electron chi connectivity index (χ3n) is 3.97. The number of ether oxygens (including phenoxy) is 1. The van der Waals surface area contributed by atoms with Crippen molar-refractivity contribution in [1.29, 1.82) is 0 Å². The molecular formula is C15H31NO. The summed E-state index contributed by atoms with van der Waals surface area (Å²) in [6.45, 7) is 11.0. The van der Waals surface area contributed by atoms with E-state index in [4.69, 9.17) is 4.74 Å². The van der Waals surface area contributed by atoms with Crippen molar-refractivity contribution in [2.24, 2.45) is 11.8 Å². The van der Waals surface area contributed by atoms with Crippen LogP contribution in [0.25, 0.3) is 0 Å². The molecule has 102 valence electrons. The molecule has 0 aromatic carbocycles. The van der Waals surface area contributed by atoms with Crippen LogP contribution in [0.2, 0.25) is 0 Å². The Hall–Kier alpha value is -0.0800. The molecule has 1 aliphatic carbocycles. The Bertz CT molecular complexity index is 193. The summed E-state index contributed by atoms with van der Waals surface area (Å²) in [5.74, 6) is 1.63. The third-order valence-corrected chi connectivity index (χ3v) is 3.97. The maximum Gasteiger partial charge on any atom is 0.0730 e. The fourth-order valence-electron chi connectivity index (χ4n) is 2.72. The molecule has 2 heteroatoms. The minimum Gasteiger partial charge on any atom is -0.377 e. The van der Waals surface area contributed by atoms with Crippen LogP contribution in [-0.2, 0) is 4.74 Å². The lowest BCUT2D eigenvalue weighted by molar-refractivity contribution is -0.0140. The standard InChI is InChI=1S/C15H31NO/c1-5-13-7-8-14(16-6-2)15(11-13)17-10-9-12(3)4/h12-16H,5-11H2,1-4H3. The molecule has 0 aliphatic heterocycles. The highest BCUT2D eigenvalue weighted by Gasteiger charge is 2.29. The average Bonchev–Trinajstić information content (AvgIpc) is 2.31. The van der Waals surface area contributed by atoms with Gasteiger partial charge in [-0.25, -0.2) is 0 Å². The van der Waals surface area contributed by atoms with E-state index in [1.54, 1.807) is 0 Å². The lowest BCUT2D eigenvalue weighted by atomic mass is 9.82. The molecule has 0 amide bonds. The number of rotatable bonds is 7. The highest BCUT2D eigenvalue weighted by atomic mass is 16.5. The van der Waals surface area contributed by atoms with Crippen molar-refractivity contribution in [3.63, 3.8) is 0 Å². The Morgan fingerprint density at radius 2 is 2.00 bits per heavy atom. The SMILES string of the molecule is CCNC1CCC(CC)CC1OCCC(C)C. The fourth-order valence-corrected chi connectivity index (χ4v) is 2.72. The Morgan fingerprint density at radius 3 is 2.59 bits per heavy atom. The van der Waals surface area contributed by atoms with Crippen LogP contribution in [0, 0.1) is 11.8 Å². The van der Waals surface area contributed by atoms with Crippen molar-refractivity contribution in [1.82, 2.24) is 5.32 Å². The van der Waals surface area contributed by atoms with E-state index in [0.717, 1.165) is 25.0 Å². The van der Waals surface area contributed by atoms with Gasteiger partial charge in [0, 0.05) is 12.6 Å². The van der Waals surface area contributed by atoms with Crippen LogP contribution in [0.4, 0.5) is 0 Å². The number of nitrogens with one attached hydrogen (secondary N) is 1. The summed E-state index contributed by atoms with van der Waals surface area (Å²) >= 11 is 0. The molecular weight excluding hydrogens is 210 g/mol. The maximum atomic E-state index is 6.13. The monoisotopic (exact) mass is 241 g/mol. The van der Waals surface area contributed by atoms with Crippen molar-refractivity contribution in [2.45, 2.75) is 71.9 Å². The predicted molar refractivity (Wildman–Crippen MR) is 74.3 cm³/mol.